The van der Waals surface area contributed by atoms with Gasteiger partial charge in [-0.15, -0.1) is 0 Å². The molecule has 1 aromatic carbocycles. The lowest BCUT2D eigenvalue weighted by Gasteiger charge is -2.25. The largest absolute Gasteiger partial charge is 0.404 e. The van der Waals surface area contributed by atoms with Crippen molar-refractivity contribution >= 4 is 23.2 Å². The third-order valence-electron chi connectivity index (χ3n) is 3.90. The highest BCUT2D eigenvalue weighted by Gasteiger charge is 2.21. The minimum Gasteiger partial charge on any atom is -0.404 e. The molecule has 8 nitrogen and oxygen atoms in total. The number of nitrogens with one attached hydrogen (secondary N) is 4. The lowest BCUT2D eigenvalue weighted by atomic mass is 10.1. The van der Waals surface area contributed by atoms with Gasteiger partial charge in [-0.25, -0.2) is 0 Å². The molecular weight excluding hydrogens is 368 g/mol. The zero-order valence-corrected chi connectivity index (χ0v) is 18.3. The zero-order chi connectivity index (χ0) is 22.2. The average Bonchev–Trinajstić information content (AvgIpc) is 2.73. The Labute approximate surface area is 174 Å². The Hall–Kier alpha value is -2.42. The van der Waals surface area contributed by atoms with E-state index in [4.69, 9.17) is 11.5 Å². The number of hydrogen-bond donors (Lipinski definition) is 6. The molecule has 0 aliphatic rings. The Kier molecular flexibility index (Phi) is 14.2. The van der Waals surface area contributed by atoms with Crippen LogP contribution >= 0.6 is 0 Å². The second kappa shape index (κ2) is 15.5. The maximum absolute atomic E-state index is 12.7. The van der Waals surface area contributed by atoms with E-state index in [1.54, 1.807) is 31.2 Å². The van der Waals surface area contributed by atoms with Crippen LogP contribution in [-0.4, -0.2) is 30.7 Å². The molecule has 0 bridgehead atoms. The van der Waals surface area contributed by atoms with E-state index < -0.39 is 6.17 Å². The Balaban J connectivity index is 0.00000379. The summed E-state index contributed by atoms with van der Waals surface area (Å²) in [6.07, 6.45) is 2.54. The Morgan fingerprint density at radius 2 is 1.72 bits per heavy atom. The van der Waals surface area contributed by atoms with E-state index in [1.165, 1.54) is 6.20 Å². The minimum atomic E-state index is -0.465. The van der Waals surface area contributed by atoms with Crippen LogP contribution in [-0.2, 0) is 9.59 Å². The van der Waals surface area contributed by atoms with Crippen molar-refractivity contribution < 1.29 is 9.59 Å². The van der Waals surface area contributed by atoms with E-state index in [-0.39, 0.29) is 18.0 Å². The monoisotopic (exact) mass is 406 g/mol. The molecule has 8 heteroatoms. The number of carbonyl (C=O) groups is 2. The van der Waals surface area contributed by atoms with Gasteiger partial charge in [0.25, 0.3) is 5.91 Å². The van der Waals surface area contributed by atoms with Crippen LogP contribution < -0.4 is 32.7 Å². The molecule has 1 rings (SSSR count). The SMILES string of the molecule is CC.CCCNC(NC(N)CC)/C(=C\N)C(=O)Nc1cccc(NC(=O)CC)c1. The first-order valence-electron chi connectivity index (χ1n) is 10.3. The highest BCUT2D eigenvalue weighted by Crippen LogP contribution is 2.16. The van der Waals surface area contributed by atoms with Crippen molar-refractivity contribution in [3.05, 3.63) is 36.0 Å². The van der Waals surface area contributed by atoms with E-state index in [1.807, 2.05) is 27.7 Å². The lowest BCUT2D eigenvalue weighted by Crippen LogP contribution is -2.53. The normalized spacial score (nSPS) is 13.0. The van der Waals surface area contributed by atoms with Crippen LogP contribution in [0.5, 0.6) is 0 Å². The molecule has 0 saturated carbocycles. The molecular formula is C21H38N6O2. The van der Waals surface area contributed by atoms with Crippen molar-refractivity contribution in [3.8, 4) is 0 Å². The van der Waals surface area contributed by atoms with E-state index in [0.717, 1.165) is 6.42 Å². The van der Waals surface area contributed by atoms with E-state index >= 15 is 0 Å². The van der Waals surface area contributed by atoms with Crippen molar-refractivity contribution in [2.45, 2.75) is 66.2 Å². The summed E-state index contributed by atoms with van der Waals surface area (Å²) in [6.45, 7) is 10.5. The van der Waals surface area contributed by atoms with Gasteiger partial charge in [0.15, 0.2) is 0 Å². The maximum atomic E-state index is 12.7. The Bertz CT molecular complexity index is 648. The molecule has 0 saturated heterocycles. The maximum Gasteiger partial charge on any atom is 0.256 e. The van der Waals surface area contributed by atoms with Gasteiger partial charge in [0.2, 0.25) is 5.91 Å². The first-order chi connectivity index (χ1) is 13.9. The summed E-state index contributed by atoms with van der Waals surface area (Å²) < 4.78 is 0. The van der Waals surface area contributed by atoms with E-state index in [2.05, 4.69) is 21.3 Å². The van der Waals surface area contributed by atoms with Gasteiger partial charge in [0.1, 0.15) is 0 Å². The molecule has 2 unspecified atom stereocenters. The molecule has 2 amide bonds. The summed E-state index contributed by atoms with van der Waals surface area (Å²) in [5, 5.41) is 12.0. The molecule has 2 atom stereocenters. The molecule has 8 N–H and O–H groups in total. The van der Waals surface area contributed by atoms with Crippen molar-refractivity contribution in [1.29, 1.82) is 0 Å². The Morgan fingerprint density at radius 1 is 1.10 bits per heavy atom. The molecule has 0 aromatic heterocycles. The molecule has 0 radical (unpaired) electrons. The zero-order valence-electron chi connectivity index (χ0n) is 18.3. The third kappa shape index (κ3) is 10.1. The van der Waals surface area contributed by atoms with E-state index in [0.29, 0.717) is 36.3 Å². The second-order valence-corrected chi connectivity index (χ2v) is 6.13. The number of nitrogens with two attached hydrogens (primary N) is 2. The van der Waals surface area contributed by atoms with Crippen molar-refractivity contribution in [3.63, 3.8) is 0 Å². The first-order valence-corrected chi connectivity index (χ1v) is 10.3. The Morgan fingerprint density at radius 3 is 2.24 bits per heavy atom. The van der Waals surface area contributed by atoms with Gasteiger partial charge in [-0.2, -0.15) is 0 Å². The van der Waals surface area contributed by atoms with Crippen LogP contribution in [0.2, 0.25) is 0 Å². The standard InChI is InChI=1S/C19H32N6O2.C2H6/c1-4-10-22-18(25-16(21)5-2)15(12-20)19(27)24-14-9-7-8-13(11-14)23-17(26)6-3;1-2/h7-9,11-12,16,18,22,25H,4-6,10,20-21H2,1-3H3,(H,23,26)(H,24,27);1-2H3/b15-12+;. The lowest BCUT2D eigenvalue weighted by molar-refractivity contribution is -0.116. The molecule has 164 valence electrons. The summed E-state index contributed by atoms with van der Waals surface area (Å²) in [5.74, 6) is -0.441. The van der Waals surface area contributed by atoms with Gasteiger partial charge in [-0.3, -0.25) is 20.2 Å². The van der Waals surface area contributed by atoms with Crippen LogP contribution in [0.25, 0.3) is 0 Å². The predicted octanol–water partition coefficient (Wildman–Crippen LogP) is 2.45. The molecule has 0 spiro atoms. The summed E-state index contributed by atoms with van der Waals surface area (Å²) in [7, 11) is 0. The molecule has 29 heavy (non-hydrogen) atoms. The molecule has 0 heterocycles. The molecule has 1 aromatic rings. The minimum absolute atomic E-state index is 0.0948. The number of amides is 2. The van der Waals surface area contributed by atoms with Gasteiger partial charge < -0.3 is 22.1 Å². The molecule has 0 fully saturated rings. The fourth-order valence-corrected chi connectivity index (χ4v) is 2.31. The van der Waals surface area contributed by atoms with E-state index in [9.17, 15) is 9.59 Å². The highest BCUT2D eigenvalue weighted by molar-refractivity contribution is 6.05. The van der Waals surface area contributed by atoms with Crippen LogP contribution in [0.15, 0.2) is 36.0 Å². The van der Waals surface area contributed by atoms with Gasteiger partial charge in [-0.1, -0.05) is 40.7 Å². The second-order valence-electron chi connectivity index (χ2n) is 6.13. The molecule has 0 aliphatic carbocycles. The van der Waals surface area contributed by atoms with Crippen LogP contribution in [0.3, 0.4) is 0 Å². The summed E-state index contributed by atoms with van der Waals surface area (Å²) in [4.78, 5) is 24.3. The average molecular weight is 407 g/mol. The number of hydrogen-bond acceptors (Lipinski definition) is 6. The number of anilines is 2. The fraction of sp³-hybridized carbons (Fsp3) is 0.524. The summed E-state index contributed by atoms with van der Waals surface area (Å²) in [6, 6.07) is 6.95. The van der Waals surface area contributed by atoms with Gasteiger partial charge in [-0.05, 0) is 37.6 Å². The fourth-order valence-electron chi connectivity index (χ4n) is 2.31. The van der Waals surface area contributed by atoms with Crippen LogP contribution in [0.1, 0.15) is 53.9 Å². The van der Waals surface area contributed by atoms with Gasteiger partial charge in [0.05, 0.1) is 17.9 Å². The predicted molar refractivity (Wildman–Crippen MR) is 121 cm³/mol. The van der Waals surface area contributed by atoms with Gasteiger partial charge in [0, 0.05) is 24.0 Å². The summed E-state index contributed by atoms with van der Waals surface area (Å²) >= 11 is 0. The van der Waals surface area contributed by atoms with Crippen LogP contribution in [0.4, 0.5) is 11.4 Å². The van der Waals surface area contributed by atoms with Gasteiger partial charge >= 0.3 is 0 Å². The smallest absolute Gasteiger partial charge is 0.256 e. The summed E-state index contributed by atoms with van der Waals surface area (Å²) in [5.41, 5.74) is 13.2. The molecule has 0 aliphatic heterocycles. The highest BCUT2D eigenvalue weighted by atomic mass is 16.2. The topological polar surface area (TPSA) is 134 Å². The van der Waals surface area contributed by atoms with Crippen molar-refractivity contribution in [2.24, 2.45) is 11.5 Å². The number of carbonyl (C=O) groups excluding carboxylic acids is 2. The van der Waals surface area contributed by atoms with Crippen LogP contribution in [0, 0.1) is 0 Å². The third-order valence-corrected chi connectivity index (χ3v) is 3.90. The van der Waals surface area contributed by atoms with Crippen molar-refractivity contribution in [2.75, 3.05) is 17.2 Å². The first kappa shape index (κ1) is 26.6. The number of rotatable bonds is 11. The number of benzene rings is 1. The quantitative estimate of drug-likeness (QED) is 0.247. The van der Waals surface area contributed by atoms with Crippen molar-refractivity contribution in [1.82, 2.24) is 10.6 Å².